The molecule has 1 saturated carbocycles. The average Bonchev–Trinajstić information content (AvgIpc) is 2.81. The van der Waals surface area contributed by atoms with Gasteiger partial charge in [-0.3, -0.25) is 10.1 Å². The predicted molar refractivity (Wildman–Crippen MR) is 99.6 cm³/mol. The molecule has 1 heterocycles. The van der Waals surface area contributed by atoms with Crippen molar-refractivity contribution in [2.75, 3.05) is 5.32 Å². The molecule has 1 N–H and O–H groups in total. The van der Waals surface area contributed by atoms with Crippen LogP contribution in [0.1, 0.15) is 64.5 Å². The van der Waals surface area contributed by atoms with Gasteiger partial charge in [0.15, 0.2) is 5.82 Å². The van der Waals surface area contributed by atoms with E-state index in [1.54, 1.807) is 24.5 Å². The molecule has 2 aromatic rings. The first kappa shape index (κ1) is 20.2. The zero-order valence-corrected chi connectivity index (χ0v) is 16.2. The minimum atomic E-state index is -2.88. The van der Waals surface area contributed by atoms with Crippen LogP contribution >= 0.6 is 0 Å². The first-order chi connectivity index (χ1) is 13.0. The molecule has 0 saturated heterocycles. The molecule has 0 atom stereocenters. The summed E-state index contributed by atoms with van der Waals surface area (Å²) in [6.07, 6.45) is 2.08. The maximum absolute atomic E-state index is 14.8. The summed E-state index contributed by atoms with van der Waals surface area (Å²) in [7, 11) is 0. The molecular weight excluding hydrogens is 369 g/mol. The van der Waals surface area contributed by atoms with Crippen molar-refractivity contribution in [2.45, 2.75) is 64.8 Å². The Balaban J connectivity index is 1.92. The van der Waals surface area contributed by atoms with E-state index in [0.29, 0.717) is 5.52 Å². The molecule has 1 aliphatic rings. The second kappa shape index (κ2) is 7.12. The van der Waals surface area contributed by atoms with Gasteiger partial charge in [0.05, 0.1) is 11.1 Å². The number of amides is 1. The van der Waals surface area contributed by atoms with Crippen molar-refractivity contribution in [1.29, 1.82) is 5.26 Å². The largest absolute Gasteiger partial charge is 0.304 e. The molecule has 0 aliphatic heterocycles. The van der Waals surface area contributed by atoms with Gasteiger partial charge >= 0.3 is 0 Å². The number of imidazole rings is 1. The molecule has 1 amide bonds. The molecule has 8 heteroatoms. The first-order valence-corrected chi connectivity index (χ1v) is 9.29. The number of benzene rings is 1. The molecule has 1 aliphatic carbocycles. The summed E-state index contributed by atoms with van der Waals surface area (Å²) < 4.78 is 43.1. The van der Waals surface area contributed by atoms with Crippen LogP contribution in [0.2, 0.25) is 0 Å². The van der Waals surface area contributed by atoms with Gasteiger partial charge in [-0.1, -0.05) is 13.8 Å². The Hall–Kier alpha value is -2.56. The number of anilines is 1. The van der Waals surface area contributed by atoms with E-state index >= 15 is 0 Å². The molecule has 0 spiro atoms. The summed E-state index contributed by atoms with van der Waals surface area (Å²) in [5.41, 5.74) is -0.455. The van der Waals surface area contributed by atoms with Gasteiger partial charge in [0.25, 0.3) is 0 Å². The molecule has 150 valence electrons. The van der Waals surface area contributed by atoms with Crippen LogP contribution in [0, 0.1) is 22.6 Å². The predicted octanol–water partition coefficient (Wildman–Crippen LogP) is 5.17. The minimum Gasteiger partial charge on any atom is -0.304 e. The van der Waals surface area contributed by atoms with Crippen molar-refractivity contribution in [3.63, 3.8) is 0 Å². The van der Waals surface area contributed by atoms with Gasteiger partial charge in [0, 0.05) is 18.9 Å². The summed E-state index contributed by atoms with van der Waals surface area (Å²) in [5, 5.41) is 11.8. The Bertz CT molecular complexity index is 949. The second-order valence-corrected chi connectivity index (χ2v) is 8.43. The fraction of sp³-hybridized carbons (Fsp3) is 0.550. The van der Waals surface area contributed by atoms with Crippen LogP contribution in [0.15, 0.2) is 12.1 Å². The molecule has 5 nitrogen and oxygen atoms in total. The smallest absolute Gasteiger partial charge is 0.245 e. The normalized spacial score (nSPS) is 15.3. The van der Waals surface area contributed by atoms with Crippen LogP contribution in [0.25, 0.3) is 11.0 Å². The number of nitrogens with zero attached hydrogens (tertiary/aromatic N) is 3. The lowest BCUT2D eigenvalue weighted by molar-refractivity contribution is -0.119. The Morgan fingerprint density at radius 2 is 2.04 bits per heavy atom. The van der Waals surface area contributed by atoms with Crippen LogP contribution in [0.5, 0.6) is 0 Å². The molecule has 1 aromatic carbocycles. The Morgan fingerprint density at radius 1 is 1.36 bits per heavy atom. The molecule has 0 bridgehead atoms. The Kier molecular flexibility index (Phi) is 5.13. The maximum atomic E-state index is 14.8. The fourth-order valence-corrected chi connectivity index (χ4v) is 3.83. The number of nitrogens with one attached hydrogen (secondary N) is 1. The summed E-state index contributed by atoms with van der Waals surface area (Å²) in [5.74, 6) is -3.80. The standard InChI is InChI=1S/C20H23F3N4O/c1-19(2,11-20(3,22)23)9-15(28)26-18-25-14-8-7-12(10-24)16(21)17(14)27(18)13-5-4-6-13/h7-8,13H,4-6,9,11H2,1-3H3,(H,25,26,28). The molecule has 1 aromatic heterocycles. The molecule has 0 radical (unpaired) electrons. The maximum Gasteiger partial charge on any atom is 0.245 e. The highest BCUT2D eigenvalue weighted by Crippen LogP contribution is 2.39. The number of fused-ring (bicyclic) bond motifs is 1. The monoisotopic (exact) mass is 392 g/mol. The lowest BCUT2D eigenvalue weighted by Gasteiger charge is -2.30. The van der Waals surface area contributed by atoms with E-state index in [-0.39, 0.29) is 29.5 Å². The number of aromatic nitrogens is 2. The number of carbonyl (C=O) groups excluding carboxylic acids is 1. The third kappa shape index (κ3) is 4.13. The van der Waals surface area contributed by atoms with Gasteiger partial charge in [-0.15, -0.1) is 0 Å². The van der Waals surface area contributed by atoms with Gasteiger partial charge in [-0.2, -0.15) is 5.26 Å². The van der Waals surface area contributed by atoms with Crippen molar-refractivity contribution >= 4 is 22.9 Å². The van der Waals surface area contributed by atoms with Crippen LogP contribution in [-0.4, -0.2) is 21.4 Å². The lowest BCUT2D eigenvalue weighted by Crippen LogP contribution is -2.29. The van der Waals surface area contributed by atoms with Gasteiger partial charge < -0.3 is 4.57 Å². The van der Waals surface area contributed by atoms with E-state index in [2.05, 4.69) is 10.3 Å². The number of rotatable bonds is 6. The van der Waals surface area contributed by atoms with Gasteiger partial charge in [-0.25, -0.2) is 18.2 Å². The molecule has 28 heavy (non-hydrogen) atoms. The van der Waals surface area contributed by atoms with Crippen molar-refractivity contribution < 1.29 is 18.0 Å². The summed E-state index contributed by atoms with van der Waals surface area (Å²) in [6, 6.07) is 4.70. The van der Waals surface area contributed by atoms with E-state index in [4.69, 9.17) is 5.26 Å². The van der Waals surface area contributed by atoms with E-state index in [0.717, 1.165) is 26.2 Å². The summed E-state index contributed by atoms with van der Waals surface area (Å²) in [4.78, 5) is 16.9. The third-order valence-corrected chi connectivity index (χ3v) is 5.03. The van der Waals surface area contributed by atoms with Gasteiger partial charge in [0.2, 0.25) is 17.8 Å². The molecular formula is C20H23F3N4O. The fourth-order valence-electron chi connectivity index (χ4n) is 3.83. The Labute approximate surface area is 161 Å². The van der Waals surface area contributed by atoms with Gasteiger partial charge in [0.1, 0.15) is 11.6 Å². The number of hydrogen-bond acceptors (Lipinski definition) is 3. The van der Waals surface area contributed by atoms with E-state index < -0.39 is 29.5 Å². The van der Waals surface area contributed by atoms with Crippen molar-refractivity contribution in [2.24, 2.45) is 5.41 Å². The van der Waals surface area contributed by atoms with Crippen LogP contribution in [-0.2, 0) is 4.79 Å². The topological polar surface area (TPSA) is 70.7 Å². The SMILES string of the molecule is CC(F)(F)CC(C)(C)CC(=O)Nc1nc2ccc(C#N)c(F)c2n1C1CCC1. The van der Waals surface area contributed by atoms with Crippen LogP contribution < -0.4 is 5.32 Å². The average molecular weight is 392 g/mol. The number of alkyl halides is 2. The first-order valence-electron chi connectivity index (χ1n) is 9.29. The highest BCUT2D eigenvalue weighted by atomic mass is 19.3. The third-order valence-electron chi connectivity index (χ3n) is 5.03. The van der Waals surface area contributed by atoms with Gasteiger partial charge in [-0.05, 0) is 43.7 Å². The van der Waals surface area contributed by atoms with E-state index in [9.17, 15) is 18.0 Å². The number of halogens is 3. The molecule has 1 fully saturated rings. The highest BCUT2D eigenvalue weighted by Gasteiger charge is 2.34. The van der Waals surface area contributed by atoms with Crippen molar-refractivity contribution in [1.82, 2.24) is 9.55 Å². The lowest BCUT2D eigenvalue weighted by atomic mass is 9.83. The van der Waals surface area contributed by atoms with E-state index in [1.165, 1.54) is 6.07 Å². The van der Waals surface area contributed by atoms with Crippen molar-refractivity contribution in [3.05, 3.63) is 23.5 Å². The highest BCUT2D eigenvalue weighted by molar-refractivity contribution is 5.92. The zero-order valence-electron chi connectivity index (χ0n) is 16.2. The van der Waals surface area contributed by atoms with Crippen molar-refractivity contribution in [3.8, 4) is 6.07 Å². The second-order valence-electron chi connectivity index (χ2n) is 8.43. The summed E-state index contributed by atoms with van der Waals surface area (Å²) >= 11 is 0. The minimum absolute atomic E-state index is 0.0169. The molecule has 0 unspecified atom stereocenters. The Morgan fingerprint density at radius 3 is 2.57 bits per heavy atom. The summed E-state index contributed by atoms with van der Waals surface area (Å²) in [6.45, 7) is 4.05. The number of carbonyl (C=O) groups is 1. The van der Waals surface area contributed by atoms with Crippen LogP contribution in [0.4, 0.5) is 19.1 Å². The van der Waals surface area contributed by atoms with E-state index in [1.807, 2.05) is 6.07 Å². The zero-order chi connectivity index (χ0) is 20.7. The quantitative estimate of drug-likeness (QED) is 0.737. The van der Waals surface area contributed by atoms with Crippen LogP contribution in [0.3, 0.4) is 0 Å². The number of hydrogen-bond donors (Lipinski definition) is 1. The molecule has 3 rings (SSSR count). The number of nitriles is 1.